The van der Waals surface area contributed by atoms with Crippen molar-refractivity contribution in [3.8, 4) is 0 Å². The molecule has 0 amide bonds. The number of aromatic nitrogens is 2. The van der Waals surface area contributed by atoms with Crippen LogP contribution in [0, 0.1) is 0 Å². The predicted molar refractivity (Wildman–Crippen MR) is 224 cm³/mol. The summed E-state index contributed by atoms with van der Waals surface area (Å²) < 4.78 is 5.09. The van der Waals surface area contributed by atoms with Crippen LogP contribution in [0.5, 0.6) is 0 Å². The maximum absolute atomic E-state index is 4.72. The fraction of sp³-hybridized carbons (Fsp3) is 0.316. The van der Waals surface area contributed by atoms with Gasteiger partial charge in [0, 0.05) is 0 Å². The average molecular weight is 824 g/mol. The van der Waals surface area contributed by atoms with Gasteiger partial charge in [0.05, 0.1) is 0 Å². The maximum atomic E-state index is 4.72. The Kier molecular flexibility index (Phi) is 13.9. The number of hydrogen-bond donors (Lipinski definition) is 0. The third-order valence-corrected chi connectivity index (χ3v) is 24.2. The van der Waals surface area contributed by atoms with Gasteiger partial charge in [0.15, 0.2) is 0 Å². The van der Waals surface area contributed by atoms with Gasteiger partial charge < -0.3 is 0 Å². The minimum absolute atomic E-state index is 1.13. The summed E-state index contributed by atoms with van der Waals surface area (Å²) in [5, 5.41) is 2.89. The summed E-state index contributed by atoms with van der Waals surface area (Å²) in [6.45, 7) is 28.9. The van der Waals surface area contributed by atoms with Gasteiger partial charge in [-0.3, -0.25) is 0 Å². The van der Waals surface area contributed by atoms with Gasteiger partial charge in [0.1, 0.15) is 0 Å². The van der Waals surface area contributed by atoms with Crippen LogP contribution in [0.2, 0.25) is 78.6 Å². The van der Waals surface area contributed by atoms with Crippen molar-refractivity contribution in [3.05, 3.63) is 132 Å². The van der Waals surface area contributed by atoms with Crippen molar-refractivity contribution in [1.29, 1.82) is 0 Å². The molecule has 4 nitrogen and oxygen atoms in total. The van der Waals surface area contributed by atoms with Gasteiger partial charge in [-0.1, -0.05) is 0 Å². The summed E-state index contributed by atoms with van der Waals surface area (Å²) in [4.78, 5) is 9.44. The molecule has 0 unspecified atom stereocenters. The Morgan fingerprint density at radius 2 is 0.729 bits per heavy atom. The van der Waals surface area contributed by atoms with E-state index in [1.54, 1.807) is 0 Å². The molecule has 0 saturated carbocycles. The summed E-state index contributed by atoms with van der Waals surface area (Å²) >= 11 is 4.52. The van der Waals surface area contributed by atoms with Crippen molar-refractivity contribution in [2.75, 3.05) is 0 Å². The normalized spacial score (nSPS) is 13.5. The molecule has 2 aromatic heterocycles. The van der Waals surface area contributed by atoms with Crippen molar-refractivity contribution >= 4 is 87.9 Å². The molecule has 4 aromatic rings. The van der Waals surface area contributed by atoms with E-state index in [0.29, 0.717) is 0 Å². The van der Waals surface area contributed by atoms with Crippen LogP contribution in [-0.4, -0.2) is 83.1 Å². The molecule has 0 aliphatic heterocycles. The summed E-state index contributed by atoms with van der Waals surface area (Å²) in [7, 11) is -6.26. The fourth-order valence-corrected chi connectivity index (χ4v) is 12.7. The molecule has 2 aromatic carbocycles. The molecule has 0 bridgehead atoms. The van der Waals surface area contributed by atoms with Crippen molar-refractivity contribution < 1.29 is 0 Å². The van der Waals surface area contributed by atoms with E-state index in [-0.39, 0.29) is 0 Å². The second kappa shape index (κ2) is 16.7. The third kappa shape index (κ3) is 10.9. The molecular formula is C38H54Ge2N4Si4. The molecule has 0 atom stereocenters. The first-order chi connectivity index (χ1) is 22.2. The molecular weight excluding hydrogens is 770 g/mol. The zero-order chi connectivity index (χ0) is 35.9. The van der Waals surface area contributed by atoms with Gasteiger partial charge in [-0.05, 0) is 0 Å². The van der Waals surface area contributed by atoms with Crippen LogP contribution >= 0.6 is 0 Å². The second-order valence-electron chi connectivity index (χ2n) is 16.1. The van der Waals surface area contributed by atoms with Gasteiger partial charge in [0.2, 0.25) is 0 Å². The molecule has 0 aliphatic rings. The van der Waals surface area contributed by atoms with E-state index < -0.39 is 32.6 Å². The van der Waals surface area contributed by atoms with Gasteiger partial charge >= 0.3 is 315 Å². The number of benzene rings is 2. The number of nitrogens with zero attached hydrogens (tertiary/aromatic N) is 4. The van der Waals surface area contributed by atoms with Gasteiger partial charge in [-0.2, -0.15) is 0 Å². The number of pyridine rings is 2. The third-order valence-electron chi connectivity index (χ3n) is 7.70. The molecule has 0 aliphatic carbocycles. The summed E-state index contributed by atoms with van der Waals surface area (Å²) in [5.41, 5.74) is 7.58. The van der Waals surface area contributed by atoms with Crippen LogP contribution < -0.4 is 0 Å². The van der Waals surface area contributed by atoms with E-state index in [4.69, 9.17) is 9.97 Å². The van der Waals surface area contributed by atoms with Crippen LogP contribution in [-0.2, 0) is 0 Å². The van der Waals surface area contributed by atoms with Crippen LogP contribution in [0.3, 0.4) is 0 Å². The van der Waals surface area contributed by atoms with Crippen LogP contribution in [0.25, 0.3) is 21.8 Å². The quantitative estimate of drug-likeness (QED) is 0.149. The minimum atomic E-state index is -1.62. The van der Waals surface area contributed by atoms with E-state index in [9.17, 15) is 0 Å². The average Bonchev–Trinajstić information content (AvgIpc) is 3.01. The van der Waals surface area contributed by atoms with Crippen LogP contribution in [0.15, 0.2) is 109 Å². The molecule has 2 heterocycles. The van der Waals surface area contributed by atoms with Crippen molar-refractivity contribution in [2.24, 2.45) is 0 Å². The first-order valence-electron chi connectivity index (χ1n) is 16.7. The first kappa shape index (κ1) is 40.2. The summed E-state index contributed by atoms with van der Waals surface area (Å²) in [6, 6.07) is 34.1. The van der Waals surface area contributed by atoms with Crippen molar-refractivity contribution in [1.82, 2.24) is 17.0 Å². The van der Waals surface area contributed by atoms with Gasteiger partial charge in [-0.25, -0.2) is 0 Å². The Bertz CT molecular complexity index is 1530. The number of rotatable bonds is 10. The molecule has 0 spiro atoms. The Labute approximate surface area is 313 Å². The fourth-order valence-electron chi connectivity index (χ4n) is 5.38. The Balaban J connectivity index is 0.000000260. The zero-order valence-electron chi connectivity index (χ0n) is 31.2. The van der Waals surface area contributed by atoms with E-state index in [1.165, 1.54) is 32.9 Å². The van der Waals surface area contributed by atoms with Crippen LogP contribution in [0.1, 0.15) is 22.5 Å². The molecule has 4 rings (SSSR count). The van der Waals surface area contributed by atoms with Crippen molar-refractivity contribution in [2.45, 2.75) is 78.6 Å². The van der Waals surface area contributed by atoms with Gasteiger partial charge in [0.25, 0.3) is 0 Å². The van der Waals surface area contributed by atoms with Crippen LogP contribution in [0.4, 0.5) is 0 Å². The first-order valence-corrected chi connectivity index (χ1v) is 32.5. The van der Waals surface area contributed by atoms with E-state index in [1.807, 2.05) is 24.5 Å². The topological polar surface area (TPSA) is 32.3 Å². The molecule has 10 heteroatoms. The SMILES string of the molecule is C[Si](C)(C)/C(=C(\c1ccccc1)[N]([Ge])[Si](C)(C)C)c1ccccn1.C[Si](C)(C)/C(=C(\c1ccccc1)[N]([Ge])[Si](C)(C)C)c1ccccn1. The second-order valence-corrected chi connectivity index (χ2v) is 39.5. The monoisotopic (exact) mass is 826 g/mol. The Hall–Kier alpha value is -2.23. The Morgan fingerprint density at radius 1 is 0.438 bits per heavy atom. The molecule has 0 N–H and O–H groups in total. The Morgan fingerprint density at radius 3 is 0.958 bits per heavy atom. The zero-order valence-corrected chi connectivity index (χ0v) is 39.4. The molecule has 0 saturated heterocycles. The van der Waals surface area contributed by atoms with E-state index in [0.717, 1.165) is 11.4 Å². The predicted octanol–water partition coefficient (Wildman–Crippen LogP) is 10.1. The summed E-state index contributed by atoms with van der Waals surface area (Å²) in [6.07, 6.45) is 3.82. The van der Waals surface area contributed by atoms with Crippen molar-refractivity contribution in [3.63, 3.8) is 0 Å². The van der Waals surface area contributed by atoms with E-state index >= 15 is 0 Å². The van der Waals surface area contributed by atoms with Gasteiger partial charge in [-0.15, -0.1) is 0 Å². The molecule has 0 fully saturated rings. The standard InChI is InChI=1S/2C19H27GeN2Si2/c2*1-23(2,3)19(17-14-10-11-15-21-17)18(22(20)24(4,5)6)16-12-8-7-9-13-16/h2*7-15H,1-6H3/b2*19-18+. The molecule has 48 heavy (non-hydrogen) atoms. The number of hydrogen-bond acceptors (Lipinski definition) is 4. The molecule has 250 valence electrons. The summed E-state index contributed by atoms with van der Waals surface area (Å²) in [5.74, 6) is 0. The van der Waals surface area contributed by atoms with E-state index in [2.05, 4.69) is 204 Å². The molecule has 6 radical (unpaired) electrons.